The van der Waals surface area contributed by atoms with E-state index in [0.717, 1.165) is 38.0 Å². The number of pyridine rings is 1. The highest BCUT2D eigenvalue weighted by atomic mass is 127. The van der Waals surface area contributed by atoms with Gasteiger partial charge in [-0.1, -0.05) is 12.5 Å². The Balaban J connectivity index is 0.00000182. The van der Waals surface area contributed by atoms with Gasteiger partial charge in [0.15, 0.2) is 5.96 Å². The molecule has 138 valence electrons. The van der Waals surface area contributed by atoms with E-state index in [4.69, 9.17) is 0 Å². The SMILES string of the molecule is CN=C(NCc1ccc(N2CCCC2)nc1)N1CCC2(CCC2)C1.I. The van der Waals surface area contributed by atoms with Crippen LogP contribution in [0.5, 0.6) is 0 Å². The predicted octanol–water partition coefficient (Wildman–Crippen LogP) is 3.25. The molecule has 4 rings (SSSR count). The van der Waals surface area contributed by atoms with Crippen LogP contribution in [0, 0.1) is 5.41 Å². The Morgan fingerprint density at radius 2 is 1.96 bits per heavy atom. The van der Waals surface area contributed by atoms with Crippen molar-refractivity contribution in [2.45, 2.75) is 45.1 Å². The first kappa shape index (κ1) is 18.7. The van der Waals surface area contributed by atoms with E-state index in [2.05, 4.69) is 37.2 Å². The first-order valence-corrected chi connectivity index (χ1v) is 9.44. The van der Waals surface area contributed by atoms with Gasteiger partial charge in [0.05, 0.1) is 0 Å². The average Bonchev–Trinajstić information content (AvgIpc) is 3.26. The minimum Gasteiger partial charge on any atom is -0.357 e. The minimum atomic E-state index is 0. The van der Waals surface area contributed by atoms with Gasteiger partial charge in [0, 0.05) is 46.0 Å². The molecule has 3 heterocycles. The van der Waals surface area contributed by atoms with Gasteiger partial charge in [0.2, 0.25) is 0 Å². The normalized spacial score (nSPS) is 22.0. The van der Waals surface area contributed by atoms with Crippen molar-refractivity contribution < 1.29 is 0 Å². The molecule has 6 heteroatoms. The van der Waals surface area contributed by atoms with E-state index in [1.165, 1.54) is 50.6 Å². The van der Waals surface area contributed by atoms with Crippen LogP contribution in [0.25, 0.3) is 0 Å². The molecule has 0 atom stereocenters. The molecule has 5 nitrogen and oxygen atoms in total. The Kier molecular flexibility index (Phi) is 6.07. The van der Waals surface area contributed by atoms with Crippen LogP contribution < -0.4 is 10.2 Å². The van der Waals surface area contributed by atoms with Crippen LogP contribution in [0.2, 0.25) is 0 Å². The topological polar surface area (TPSA) is 43.8 Å². The summed E-state index contributed by atoms with van der Waals surface area (Å²) in [5, 5.41) is 3.52. The van der Waals surface area contributed by atoms with Crippen molar-refractivity contribution in [1.29, 1.82) is 0 Å². The van der Waals surface area contributed by atoms with Gasteiger partial charge in [-0.3, -0.25) is 4.99 Å². The van der Waals surface area contributed by atoms with Crippen molar-refractivity contribution in [2.75, 3.05) is 38.1 Å². The fraction of sp³-hybridized carbons (Fsp3) is 0.684. The van der Waals surface area contributed by atoms with E-state index < -0.39 is 0 Å². The second-order valence-electron chi connectivity index (χ2n) is 7.64. The van der Waals surface area contributed by atoms with Crippen LogP contribution >= 0.6 is 24.0 Å². The molecule has 0 unspecified atom stereocenters. The van der Waals surface area contributed by atoms with Crippen molar-refractivity contribution in [3.8, 4) is 0 Å². The summed E-state index contributed by atoms with van der Waals surface area (Å²) >= 11 is 0. The van der Waals surface area contributed by atoms with Crippen molar-refractivity contribution >= 4 is 35.8 Å². The monoisotopic (exact) mass is 455 g/mol. The van der Waals surface area contributed by atoms with Crippen molar-refractivity contribution in [3.63, 3.8) is 0 Å². The Labute approximate surface area is 168 Å². The maximum absolute atomic E-state index is 4.64. The number of rotatable bonds is 3. The Bertz CT molecular complexity index is 590. The number of nitrogens with zero attached hydrogens (tertiary/aromatic N) is 4. The van der Waals surface area contributed by atoms with Gasteiger partial charge >= 0.3 is 0 Å². The first-order valence-electron chi connectivity index (χ1n) is 9.44. The van der Waals surface area contributed by atoms with Gasteiger partial charge in [-0.15, -0.1) is 24.0 Å². The summed E-state index contributed by atoms with van der Waals surface area (Å²) in [7, 11) is 1.89. The number of hydrogen-bond donors (Lipinski definition) is 1. The highest BCUT2D eigenvalue weighted by Crippen LogP contribution is 2.47. The summed E-state index contributed by atoms with van der Waals surface area (Å²) in [5.74, 6) is 2.16. The maximum Gasteiger partial charge on any atom is 0.193 e. The maximum atomic E-state index is 4.64. The van der Waals surface area contributed by atoms with Gasteiger partial charge < -0.3 is 15.1 Å². The van der Waals surface area contributed by atoms with Crippen LogP contribution in [0.15, 0.2) is 23.3 Å². The van der Waals surface area contributed by atoms with Crippen molar-refractivity contribution in [1.82, 2.24) is 15.2 Å². The zero-order valence-electron chi connectivity index (χ0n) is 15.2. The van der Waals surface area contributed by atoms with Crippen LogP contribution in [-0.2, 0) is 6.54 Å². The van der Waals surface area contributed by atoms with Crippen LogP contribution in [-0.4, -0.2) is 49.1 Å². The zero-order valence-corrected chi connectivity index (χ0v) is 17.5. The van der Waals surface area contributed by atoms with Crippen LogP contribution in [0.3, 0.4) is 0 Å². The largest absolute Gasteiger partial charge is 0.357 e. The molecule has 0 amide bonds. The number of guanidine groups is 1. The highest BCUT2D eigenvalue weighted by molar-refractivity contribution is 14.0. The molecule has 2 aliphatic heterocycles. The fourth-order valence-electron chi connectivity index (χ4n) is 4.37. The molecule has 1 aliphatic carbocycles. The first-order chi connectivity index (χ1) is 11.8. The number of likely N-dealkylation sites (tertiary alicyclic amines) is 1. The molecule has 1 aromatic rings. The Hall–Kier alpha value is -1.05. The highest BCUT2D eigenvalue weighted by Gasteiger charge is 2.43. The quantitative estimate of drug-likeness (QED) is 0.432. The molecule has 0 bridgehead atoms. The van der Waals surface area contributed by atoms with Gasteiger partial charge in [0.25, 0.3) is 0 Å². The second-order valence-corrected chi connectivity index (χ2v) is 7.64. The molecule has 0 aromatic carbocycles. The molecule has 1 aromatic heterocycles. The fourth-order valence-corrected chi connectivity index (χ4v) is 4.37. The molecule has 3 aliphatic rings. The minimum absolute atomic E-state index is 0. The molecule has 2 saturated heterocycles. The molecule has 1 N–H and O–H groups in total. The third-order valence-electron chi connectivity index (χ3n) is 6.05. The number of hydrogen-bond acceptors (Lipinski definition) is 3. The summed E-state index contributed by atoms with van der Waals surface area (Å²) in [6.07, 6.45) is 10.1. The average molecular weight is 455 g/mol. The zero-order chi connectivity index (χ0) is 16.4. The van der Waals surface area contributed by atoms with E-state index in [1.54, 1.807) is 0 Å². The molecule has 1 spiro atoms. The molecular weight excluding hydrogens is 425 g/mol. The second kappa shape index (κ2) is 8.10. The number of nitrogens with one attached hydrogen (secondary N) is 1. The van der Waals surface area contributed by atoms with E-state index in [-0.39, 0.29) is 24.0 Å². The number of halogens is 1. The third kappa shape index (κ3) is 4.04. The summed E-state index contributed by atoms with van der Waals surface area (Å²) in [4.78, 5) is 13.9. The number of aromatic nitrogens is 1. The van der Waals surface area contributed by atoms with E-state index in [1.807, 2.05) is 13.2 Å². The lowest BCUT2D eigenvalue weighted by Gasteiger charge is -2.38. The summed E-state index contributed by atoms with van der Waals surface area (Å²) < 4.78 is 0. The lowest BCUT2D eigenvalue weighted by molar-refractivity contribution is 0.151. The standard InChI is InChI=1S/C19H29N5.HI/c1-20-18(24-12-9-19(15-24)7-4-8-19)22-14-16-5-6-17(21-13-16)23-10-2-3-11-23;/h5-6,13H,2-4,7-12,14-15H2,1H3,(H,20,22);1H. The lowest BCUT2D eigenvalue weighted by Crippen LogP contribution is -2.42. The van der Waals surface area contributed by atoms with Gasteiger partial charge in [-0.2, -0.15) is 0 Å². The van der Waals surface area contributed by atoms with E-state index >= 15 is 0 Å². The van der Waals surface area contributed by atoms with E-state index in [0.29, 0.717) is 5.41 Å². The summed E-state index contributed by atoms with van der Waals surface area (Å²) in [6.45, 7) is 5.41. The van der Waals surface area contributed by atoms with Gasteiger partial charge in [-0.25, -0.2) is 4.98 Å². The number of aliphatic imine (C=N–C) groups is 1. The van der Waals surface area contributed by atoms with Gasteiger partial charge in [0.1, 0.15) is 5.82 Å². The summed E-state index contributed by atoms with van der Waals surface area (Å²) in [6, 6.07) is 4.35. The van der Waals surface area contributed by atoms with E-state index in [9.17, 15) is 0 Å². The Morgan fingerprint density at radius 3 is 2.52 bits per heavy atom. The predicted molar refractivity (Wildman–Crippen MR) is 114 cm³/mol. The molecular formula is C19H30IN5. The molecule has 0 radical (unpaired) electrons. The molecule has 1 saturated carbocycles. The van der Waals surface area contributed by atoms with Gasteiger partial charge in [-0.05, 0) is 49.1 Å². The van der Waals surface area contributed by atoms with Crippen LogP contribution in [0.4, 0.5) is 5.82 Å². The van der Waals surface area contributed by atoms with Crippen LogP contribution in [0.1, 0.15) is 44.1 Å². The van der Waals surface area contributed by atoms with Crippen molar-refractivity contribution in [2.24, 2.45) is 10.4 Å². The lowest BCUT2D eigenvalue weighted by atomic mass is 9.68. The Morgan fingerprint density at radius 1 is 1.16 bits per heavy atom. The summed E-state index contributed by atoms with van der Waals surface area (Å²) in [5.41, 5.74) is 1.83. The smallest absolute Gasteiger partial charge is 0.193 e. The third-order valence-corrected chi connectivity index (χ3v) is 6.05. The number of anilines is 1. The van der Waals surface area contributed by atoms with Crippen molar-refractivity contribution in [3.05, 3.63) is 23.9 Å². The molecule has 3 fully saturated rings. The molecule has 25 heavy (non-hydrogen) atoms.